The van der Waals surface area contributed by atoms with E-state index in [4.69, 9.17) is 14.6 Å². The molecule has 2 aliphatic rings. The van der Waals surface area contributed by atoms with E-state index in [0.29, 0.717) is 26.2 Å². The molecule has 0 saturated carbocycles. The molecule has 0 unspecified atom stereocenters. The van der Waals surface area contributed by atoms with Crippen LogP contribution in [0.25, 0.3) is 0 Å². The highest BCUT2D eigenvalue weighted by Crippen LogP contribution is 2.46. The molecule has 0 amide bonds. The SMILES string of the molecule is O=C(O)CCN1CCC2(CC1)COc1cc(OCCCc3ccccc3F)ccc12. The predicted octanol–water partition coefficient (Wildman–Crippen LogP) is 4.04. The summed E-state index contributed by atoms with van der Waals surface area (Å²) in [6.07, 6.45) is 3.53. The Hall–Kier alpha value is -2.60. The Labute approximate surface area is 176 Å². The molecule has 30 heavy (non-hydrogen) atoms. The monoisotopic (exact) mass is 413 g/mol. The van der Waals surface area contributed by atoms with Gasteiger partial charge in [-0.15, -0.1) is 0 Å². The zero-order chi connectivity index (χ0) is 21.0. The van der Waals surface area contributed by atoms with Crippen LogP contribution in [0, 0.1) is 5.82 Å². The van der Waals surface area contributed by atoms with Crippen molar-refractivity contribution in [3.8, 4) is 11.5 Å². The van der Waals surface area contributed by atoms with Gasteiger partial charge in [0, 0.05) is 23.6 Å². The van der Waals surface area contributed by atoms with Gasteiger partial charge in [0.15, 0.2) is 0 Å². The lowest BCUT2D eigenvalue weighted by Gasteiger charge is -2.38. The second kappa shape index (κ2) is 9.04. The lowest BCUT2D eigenvalue weighted by Crippen LogP contribution is -2.44. The number of rotatable bonds is 8. The van der Waals surface area contributed by atoms with Crippen molar-refractivity contribution < 1.29 is 23.8 Å². The Morgan fingerprint density at radius 2 is 2.00 bits per heavy atom. The van der Waals surface area contributed by atoms with Gasteiger partial charge in [-0.05, 0) is 56.5 Å². The molecule has 2 aromatic carbocycles. The minimum Gasteiger partial charge on any atom is -0.493 e. The van der Waals surface area contributed by atoms with Crippen LogP contribution in [-0.2, 0) is 16.6 Å². The van der Waals surface area contributed by atoms with E-state index in [2.05, 4.69) is 11.0 Å². The van der Waals surface area contributed by atoms with Gasteiger partial charge in [-0.25, -0.2) is 4.39 Å². The van der Waals surface area contributed by atoms with Crippen LogP contribution in [0.3, 0.4) is 0 Å². The number of halogens is 1. The first-order valence-electron chi connectivity index (χ1n) is 10.6. The quantitative estimate of drug-likeness (QED) is 0.662. The highest BCUT2D eigenvalue weighted by molar-refractivity contribution is 5.66. The topological polar surface area (TPSA) is 59.0 Å². The average molecular weight is 413 g/mol. The van der Waals surface area contributed by atoms with Gasteiger partial charge in [0.1, 0.15) is 17.3 Å². The number of aliphatic carboxylic acids is 1. The number of carbonyl (C=O) groups is 1. The highest BCUT2D eigenvalue weighted by Gasteiger charge is 2.43. The molecule has 0 atom stereocenters. The van der Waals surface area contributed by atoms with Gasteiger partial charge in [-0.3, -0.25) is 4.79 Å². The normalized spacial score (nSPS) is 17.5. The molecule has 160 valence electrons. The number of fused-ring (bicyclic) bond motifs is 2. The van der Waals surface area contributed by atoms with E-state index in [1.165, 1.54) is 11.6 Å². The third-order valence-corrected chi connectivity index (χ3v) is 6.30. The van der Waals surface area contributed by atoms with Crippen LogP contribution in [0.1, 0.15) is 36.8 Å². The number of aryl methyl sites for hydroxylation is 1. The molecular weight excluding hydrogens is 385 g/mol. The second-order valence-electron chi connectivity index (χ2n) is 8.26. The molecule has 1 N–H and O–H groups in total. The number of hydrogen-bond acceptors (Lipinski definition) is 4. The molecule has 0 bridgehead atoms. The van der Waals surface area contributed by atoms with E-state index in [0.717, 1.165) is 49.4 Å². The number of ether oxygens (including phenoxy) is 2. The van der Waals surface area contributed by atoms with E-state index in [-0.39, 0.29) is 17.7 Å². The lowest BCUT2D eigenvalue weighted by atomic mass is 9.74. The maximum Gasteiger partial charge on any atom is 0.304 e. The zero-order valence-corrected chi connectivity index (χ0v) is 17.1. The van der Waals surface area contributed by atoms with Crippen molar-refractivity contribution in [2.45, 2.75) is 37.5 Å². The number of hydrogen-bond donors (Lipinski definition) is 1. The fraction of sp³-hybridized carbons (Fsp3) is 0.458. The van der Waals surface area contributed by atoms with E-state index >= 15 is 0 Å². The molecule has 0 aliphatic carbocycles. The third-order valence-electron chi connectivity index (χ3n) is 6.30. The summed E-state index contributed by atoms with van der Waals surface area (Å²) in [5, 5.41) is 8.88. The van der Waals surface area contributed by atoms with Crippen molar-refractivity contribution in [1.82, 2.24) is 4.90 Å². The predicted molar refractivity (Wildman–Crippen MR) is 112 cm³/mol. The highest BCUT2D eigenvalue weighted by atomic mass is 19.1. The summed E-state index contributed by atoms with van der Waals surface area (Å²) in [6.45, 7) is 3.59. The van der Waals surface area contributed by atoms with E-state index in [1.807, 2.05) is 24.3 Å². The number of benzene rings is 2. The van der Waals surface area contributed by atoms with Crippen molar-refractivity contribution in [1.29, 1.82) is 0 Å². The van der Waals surface area contributed by atoms with E-state index in [1.54, 1.807) is 6.07 Å². The largest absolute Gasteiger partial charge is 0.493 e. The number of carboxylic acid groups (broad SMARTS) is 1. The fourth-order valence-electron chi connectivity index (χ4n) is 4.47. The molecule has 6 heteroatoms. The number of piperidine rings is 1. The minimum absolute atomic E-state index is 0.0262. The molecule has 5 nitrogen and oxygen atoms in total. The van der Waals surface area contributed by atoms with Crippen LogP contribution in [0.2, 0.25) is 0 Å². The van der Waals surface area contributed by atoms with Crippen molar-refractivity contribution >= 4 is 5.97 Å². The molecule has 4 rings (SSSR count). The van der Waals surface area contributed by atoms with Gasteiger partial charge in [0.2, 0.25) is 0 Å². The van der Waals surface area contributed by atoms with Crippen molar-refractivity contribution in [3.63, 3.8) is 0 Å². The molecule has 1 saturated heterocycles. The second-order valence-corrected chi connectivity index (χ2v) is 8.26. The van der Waals surface area contributed by atoms with Gasteiger partial charge in [-0.1, -0.05) is 24.3 Å². The first-order chi connectivity index (χ1) is 14.6. The maximum atomic E-state index is 13.7. The minimum atomic E-state index is -0.744. The molecule has 2 aliphatic heterocycles. The number of nitrogens with zero attached hydrogens (tertiary/aromatic N) is 1. The summed E-state index contributed by atoms with van der Waals surface area (Å²) in [5.41, 5.74) is 1.98. The van der Waals surface area contributed by atoms with E-state index in [9.17, 15) is 9.18 Å². The Morgan fingerprint density at radius 3 is 2.77 bits per heavy atom. The molecule has 1 spiro atoms. The van der Waals surface area contributed by atoms with Crippen molar-refractivity contribution in [3.05, 3.63) is 59.4 Å². The molecule has 0 aromatic heterocycles. The third kappa shape index (κ3) is 4.59. The van der Waals surface area contributed by atoms with E-state index < -0.39 is 5.97 Å². The fourth-order valence-corrected chi connectivity index (χ4v) is 4.47. The van der Waals surface area contributed by atoms with Crippen LogP contribution in [0.5, 0.6) is 11.5 Å². The van der Waals surface area contributed by atoms with Gasteiger partial charge < -0.3 is 19.5 Å². The van der Waals surface area contributed by atoms with Crippen LogP contribution >= 0.6 is 0 Å². The average Bonchev–Trinajstić information content (AvgIpc) is 3.09. The lowest BCUT2D eigenvalue weighted by molar-refractivity contribution is -0.137. The summed E-state index contributed by atoms with van der Waals surface area (Å²) in [4.78, 5) is 13.0. The smallest absolute Gasteiger partial charge is 0.304 e. The van der Waals surface area contributed by atoms with Gasteiger partial charge in [-0.2, -0.15) is 0 Å². The molecule has 2 aromatic rings. The summed E-state index contributed by atoms with van der Waals surface area (Å²) in [7, 11) is 0. The zero-order valence-electron chi connectivity index (χ0n) is 17.1. The van der Waals surface area contributed by atoms with Gasteiger partial charge in [0.05, 0.1) is 19.6 Å². The van der Waals surface area contributed by atoms with Crippen molar-refractivity contribution in [2.75, 3.05) is 32.8 Å². The molecule has 1 fully saturated rings. The Kier molecular flexibility index (Phi) is 6.23. The van der Waals surface area contributed by atoms with Gasteiger partial charge in [0.25, 0.3) is 0 Å². The first kappa shape index (κ1) is 20.7. The summed E-state index contributed by atoms with van der Waals surface area (Å²) >= 11 is 0. The summed E-state index contributed by atoms with van der Waals surface area (Å²) < 4.78 is 25.6. The molecular formula is C24H28FNO4. The van der Waals surface area contributed by atoms with Crippen LogP contribution in [-0.4, -0.2) is 48.8 Å². The summed E-state index contributed by atoms with van der Waals surface area (Å²) in [5.74, 6) is 0.757. The van der Waals surface area contributed by atoms with Gasteiger partial charge >= 0.3 is 5.97 Å². The number of carboxylic acids is 1. The standard InChI is InChI=1S/C24H28FNO4/c25-21-6-2-1-4-18(21)5-3-15-29-19-7-8-20-22(16-19)30-17-24(20)10-13-26(14-11-24)12-9-23(27)28/h1-2,4,6-8,16H,3,5,9-15,17H2,(H,27,28). The molecule has 2 heterocycles. The van der Waals surface area contributed by atoms with Crippen LogP contribution < -0.4 is 9.47 Å². The first-order valence-corrected chi connectivity index (χ1v) is 10.6. The Morgan fingerprint density at radius 1 is 1.20 bits per heavy atom. The summed E-state index contributed by atoms with van der Waals surface area (Å²) in [6, 6.07) is 12.9. The Balaban J connectivity index is 1.30. The van der Waals surface area contributed by atoms with Crippen LogP contribution in [0.4, 0.5) is 4.39 Å². The number of likely N-dealkylation sites (tertiary alicyclic amines) is 1. The molecule has 0 radical (unpaired) electrons. The maximum absolute atomic E-state index is 13.7. The Bertz CT molecular complexity index is 893. The van der Waals surface area contributed by atoms with Crippen LogP contribution in [0.15, 0.2) is 42.5 Å². The van der Waals surface area contributed by atoms with Crippen molar-refractivity contribution in [2.24, 2.45) is 0 Å².